The van der Waals surface area contributed by atoms with E-state index >= 15 is 0 Å². The van der Waals surface area contributed by atoms with Crippen molar-refractivity contribution in [1.82, 2.24) is 4.90 Å². The van der Waals surface area contributed by atoms with Crippen LogP contribution in [0, 0.1) is 11.3 Å². The van der Waals surface area contributed by atoms with Crippen LogP contribution in [0.1, 0.15) is 70.6 Å². The predicted molar refractivity (Wildman–Crippen MR) is 79.7 cm³/mol. The molecule has 1 heterocycles. The molecule has 0 aromatic rings. The average Bonchev–Trinajstić information content (AvgIpc) is 3.08. The standard InChI is InChI=1S/C17H29NO2/c19-16(20)4-3-14-7-12-18(13-14)15-5-10-17(11-6-15)8-1-2-9-17/h14-15H,1-13H2,(H,19,20). The SMILES string of the molecule is O=C(O)CCC1CCN(C2CCC3(CCCC3)CC2)C1. The lowest BCUT2D eigenvalue weighted by molar-refractivity contribution is -0.137. The van der Waals surface area contributed by atoms with Gasteiger partial charge in [-0.05, 0) is 69.2 Å². The van der Waals surface area contributed by atoms with Gasteiger partial charge in [0.1, 0.15) is 0 Å². The number of nitrogens with zero attached hydrogens (tertiary/aromatic N) is 1. The van der Waals surface area contributed by atoms with Crippen molar-refractivity contribution in [2.24, 2.45) is 11.3 Å². The first-order chi connectivity index (χ1) is 9.67. The molecule has 0 aromatic carbocycles. The number of carbonyl (C=O) groups is 1. The maximum absolute atomic E-state index is 10.7. The fourth-order valence-electron chi connectivity index (χ4n) is 4.96. The van der Waals surface area contributed by atoms with Crippen LogP contribution in [0.25, 0.3) is 0 Å². The third-order valence-corrected chi connectivity index (χ3v) is 6.28. The topological polar surface area (TPSA) is 40.5 Å². The quantitative estimate of drug-likeness (QED) is 0.853. The number of carboxylic acid groups (broad SMARTS) is 1. The Morgan fingerprint density at radius 1 is 1.10 bits per heavy atom. The van der Waals surface area contributed by atoms with Gasteiger partial charge in [-0.25, -0.2) is 0 Å². The Bertz CT molecular complexity index is 339. The fraction of sp³-hybridized carbons (Fsp3) is 0.941. The minimum Gasteiger partial charge on any atom is -0.481 e. The highest BCUT2D eigenvalue weighted by Gasteiger charge is 2.39. The molecular weight excluding hydrogens is 250 g/mol. The van der Waals surface area contributed by atoms with Crippen molar-refractivity contribution < 1.29 is 9.90 Å². The van der Waals surface area contributed by atoms with Crippen LogP contribution in [0.2, 0.25) is 0 Å². The normalized spacial score (nSPS) is 31.1. The van der Waals surface area contributed by atoms with Crippen molar-refractivity contribution in [3.63, 3.8) is 0 Å². The van der Waals surface area contributed by atoms with Crippen LogP contribution in [-0.2, 0) is 4.79 Å². The second kappa shape index (κ2) is 6.05. The molecular formula is C17H29NO2. The molecule has 2 saturated carbocycles. The van der Waals surface area contributed by atoms with Crippen molar-refractivity contribution in [2.75, 3.05) is 13.1 Å². The number of hydrogen-bond donors (Lipinski definition) is 1. The summed E-state index contributed by atoms with van der Waals surface area (Å²) in [6.45, 7) is 2.37. The Kier molecular flexibility index (Phi) is 4.34. The number of likely N-dealkylation sites (tertiary alicyclic amines) is 1. The molecule has 1 unspecified atom stereocenters. The van der Waals surface area contributed by atoms with Gasteiger partial charge in [0.25, 0.3) is 0 Å². The molecule has 3 heteroatoms. The smallest absolute Gasteiger partial charge is 0.303 e. The van der Waals surface area contributed by atoms with Gasteiger partial charge in [0.05, 0.1) is 0 Å². The third kappa shape index (κ3) is 3.19. The van der Waals surface area contributed by atoms with Crippen LogP contribution in [-0.4, -0.2) is 35.1 Å². The van der Waals surface area contributed by atoms with E-state index in [1.165, 1.54) is 64.3 Å². The summed E-state index contributed by atoms with van der Waals surface area (Å²) >= 11 is 0. The van der Waals surface area contributed by atoms with Crippen molar-refractivity contribution in [1.29, 1.82) is 0 Å². The van der Waals surface area contributed by atoms with Gasteiger partial charge in [-0.15, -0.1) is 0 Å². The van der Waals surface area contributed by atoms with Crippen LogP contribution in [0.3, 0.4) is 0 Å². The Labute approximate surface area is 122 Å². The van der Waals surface area contributed by atoms with Crippen LogP contribution in [0.15, 0.2) is 0 Å². The van der Waals surface area contributed by atoms with E-state index in [4.69, 9.17) is 5.11 Å². The Balaban J connectivity index is 1.44. The minimum atomic E-state index is -0.635. The van der Waals surface area contributed by atoms with Gasteiger partial charge in [-0.1, -0.05) is 12.8 Å². The zero-order valence-electron chi connectivity index (χ0n) is 12.6. The molecule has 3 rings (SSSR count). The molecule has 0 aromatic heterocycles. The lowest BCUT2D eigenvalue weighted by atomic mass is 9.71. The highest BCUT2D eigenvalue weighted by atomic mass is 16.4. The Hall–Kier alpha value is -0.570. The summed E-state index contributed by atoms with van der Waals surface area (Å²) in [4.78, 5) is 13.3. The first kappa shape index (κ1) is 14.4. The first-order valence-corrected chi connectivity index (χ1v) is 8.63. The van der Waals surface area contributed by atoms with E-state index in [1.807, 2.05) is 0 Å². The highest BCUT2D eigenvalue weighted by Crippen LogP contribution is 2.49. The lowest BCUT2D eigenvalue weighted by Gasteiger charge is -2.40. The third-order valence-electron chi connectivity index (χ3n) is 6.28. The number of aliphatic carboxylic acids is 1. The van der Waals surface area contributed by atoms with E-state index in [0.717, 1.165) is 24.4 Å². The number of hydrogen-bond acceptors (Lipinski definition) is 2. The van der Waals surface area contributed by atoms with Gasteiger partial charge in [-0.2, -0.15) is 0 Å². The molecule has 3 fully saturated rings. The fourth-order valence-corrected chi connectivity index (χ4v) is 4.96. The molecule has 1 spiro atoms. The molecule has 1 N–H and O–H groups in total. The van der Waals surface area contributed by atoms with Crippen LogP contribution < -0.4 is 0 Å². The molecule has 114 valence electrons. The molecule has 0 bridgehead atoms. The summed E-state index contributed by atoms with van der Waals surface area (Å²) in [6, 6.07) is 0.802. The van der Waals surface area contributed by atoms with Gasteiger partial charge < -0.3 is 10.0 Å². The highest BCUT2D eigenvalue weighted by molar-refractivity contribution is 5.66. The van der Waals surface area contributed by atoms with Crippen molar-refractivity contribution in [3.8, 4) is 0 Å². The van der Waals surface area contributed by atoms with Gasteiger partial charge in [-0.3, -0.25) is 4.79 Å². The van der Waals surface area contributed by atoms with E-state index < -0.39 is 5.97 Å². The molecule has 0 amide bonds. The van der Waals surface area contributed by atoms with Crippen LogP contribution >= 0.6 is 0 Å². The van der Waals surface area contributed by atoms with E-state index in [1.54, 1.807) is 0 Å². The summed E-state index contributed by atoms with van der Waals surface area (Å²) in [5.74, 6) is -0.00208. The number of carboxylic acids is 1. The predicted octanol–water partition coefficient (Wildman–Crippen LogP) is 3.68. The maximum Gasteiger partial charge on any atom is 0.303 e. The van der Waals surface area contributed by atoms with Crippen LogP contribution in [0.4, 0.5) is 0 Å². The van der Waals surface area contributed by atoms with Crippen molar-refractivity contribution in [3.05, 3.63) is 0 Å². The molecule has 3 aliphatic rings. The van der Waals surface area contributed by atoms with Crippen molar-refractivity contribution >= 4 is 5.97 Å². The minimum absolute atomic E-state index is 0.353. The largest absolute Gasteiger partial charge is 0.481 e. The number of rotatable bonds is 4. The lowest BCUT2D eigenvalue weighted by Crippen LogP contribution is -2.39. The summed E-state index contributed by atoms with van der Waals surface area (Å²) in [5, 5.41) is 8.79. The van der Waals surface area contributed by atoms with E-state index in [9.17, 15) is 4.79 Å². The second-order valence-corrected chi connectivity index (χ2v) is 7.52. The Morgan fingerprint density at radius 2 is 1.80 bits per heavy atom. The summed E-state index contributed by atoms with van der Waals surface area (Å²) < 4.78 is 0. The summed E-state index contributed by atoms with van der Waals surface area (Å²) in [5.41, 5.74) is 0.735. The maximum atomic E-state index is 10.7. The van der Waals surface area contributed by atoms with Crippen LogP contribution in [0.5, 0.6) is 0 Å². The van der Waals surface area contributed by atoms with E-state index in [0.29, 0.717) is 12.3 Å². The molecule has 1 atom stereocenters. The molecule has 3 nitrogen and oxygen atoms in total. The van der Waals surface area contributed by atoms with Gasteiger partial charge in [0, 0.05) is 19.0 Å². The molecule has 2 aliphatic carbocycles. The van der Waals surface area contributed by atoms with Gasteiger partial charge in [0.15, 0.2) is 0 Å². The summed E-state index contributed by atoms with van der Waals surface area (Å²) in [6.07, 6.45) is 14.0. The first-order valence-electron chi connectivity index (χ1n) is 8.63. The van der Waals surface area contributed by atoms with E-state index in [2.05, 4.69) is 4.90 Å². The van der Waals surface area contributed by atoms with Gasteiger partial charge in [0.2, 0.25) is 0 Å². The zero-order valence-corrected chi connectivity index (χ0v) is 12.6. The van der Waals surface area contributed by atoms with E-state index in [-0.39, 0.29) is 0 Å². The van der Waals surface area contributed by atoms with Gasteiger partial charge >= 0.3 is 5.97 Å². The second-order valence-electron chi connectivity index (χ2n) is 7.52. The zero-order chi connectivity index (χ0) is 14.0. The molecule has 1 aliphatic heterocycles. The average molecular weight is 279 g/mol. The molecule has 0 radical (unpaired) electrons. The van der Waals surface area contributed by atoms with Crippen molar-refractivity contribution in [2.45, 2.75) is 76.7 Å². The summed E-state index contributed by atoms with van der Waals surface area (Å²) in [7, 11) is 0. The monoisotopic (exact) mass is 279 g/mol. The molecule has 1 saturated heterocycles. The Morgan fingerprint density at radius 3 is 2.45 bits per heavy atom. The molecule has 20 heavy (non-hydrogen) atoms.